The number of carbonyl (C=O) groups is 1. The van der Waals surface area contributed by atoms with Gasteiger partial charge in [-0.25, -0.2) is 9.18 Å². The number of fused-ring (bicyclic) bond motifs is 1. The Morgan fingerprint density at radius 1 is 1.14 bits per heavy atom. The number of hydrogen-bond donors (Lipinski definition) is 0. The van der Waals surface area contributed by atoms with E-state index in [9.17, 15) is 19.3 Å². The van der Waals surface area contributed by atoms with Gasteiger partial charge in [-0.1, -0.05) is 12.1 Å². The van der Waals surface area contributed by atoms with Crippen LogP contribution in [0, 0.1) is 15.9 Å². The largest absolute Gasteiger partial charge is 0.422 e. The van der Waals surface area contributed by atoms with Gasteiger partial charge in [0, 0.05) is 17.7 Å². The third kappa shape index (κ3) is 2.38. The molecule has 0 aliphatic carbocycles. The number of benzene rings is 2. The van der Waals surface area contributed by atoms with Crippen molar-refractivity contribution in [3.8, 4) is 0 Å². The molecule has 0 aromatic heterocycles. The van der Waals surface area contributed by atoms with Gasteiger partial charge in [0.2, 0.25) is 0 Å². The Hall–Kier alpha value is -3.02. The van der Waals surface area contributed by atoms with E-state index in [2.05, 4.69) is 0 Å². The van der Waals surface area contributed by atoms with E-state index in [1.807, 2.05) is 0 Å². The van der Waals surface area contributed by atoms with Crippen LogP contribution in [-0.2, 0) is 4.74 Å². The third-order valence-electron chi connectivity index (χ3n) is 3.05. The average molecular weight is 285 g/mol. The number of cyclic esters (lactones) is 1. The monoisotopic (exact) mass is 285 g/mol. The summed E-state index contributed by atoms with van der Waals surface area (Å²) in [7, 11) is 0. The fraction of sp³-hybridized carbons (Fsp3) is 0. The summed E-state index contributed by atoms with van der Waals surface area (Å²) in [5.41, 5.74) is 0.934. The maximum absolute atomic E-state index is 13.1. The molecule has 6 heteroatoms. The van der Waals surface area contributed by atoms with Gasteiger partial charge in [-0.05, 0) is 29.8 Å². The van der Waals surface area contributed by atoms with Gasteiger partial charge < -0.3 is 4.74 Å². The number of rotatable bonds is 2. The molecule has 0 saturated heterocycles. The van der Waals surface area contributed by atoms with Crippen molar-refractivity contribution in [3.05, 3.63) is 75.1 Å². The smallest absolute Gasteiger partial charge is 0.344 e. The highest BCUT2D eigenvalue weighted by Gasteiger charge is 2.28. The van der Waals surface area contributed by atoms with Gasteiger partial charge in [0.05, 0.1) is 10.5 Å². The van der Waals surface area contributed by atoms with Crippen LogP contribution in [-0.4, -0.2) is 10.9 Å². The molecule has 0 N–H and O–H groups in total. The highest BCUT2D eigenvalue weighted by Crippen LogP contribution is 2.33. The molecule has 0 spiro atoms. The van der Waals surface area contributed by atoms with E-state index >= 15 is 0 Å². The summed E-state index contributed by atoms with van der Waals surface area (Å²) in [6, 6.07) is 9.71. The second kappa shape index (κ2) is 4.82. The zero-order valence-electron chi connectivity index (χ0n) is 10.6. The van der Waals surface area contributed by atoms with Crippen LogP contribution in [0.25, 0.3) is 11.8 Å². The molecule has 0 bridgehead atoms. The second-order valence-electron chi connectivity index (χ2n) is 4.44. The first-order valence-corrected chi connectivity index (χ1v) is 6.03. The molecule has 0 amide bonds. The second-order valence-corrected chi connectivity index (χ2v) is 4.44. The minimum atomic E-state index is -0.656. The maximum atomic E-state index is 13.1. The van der Waals surface area contributed by atoms with Crippen molar-refractivity contribution >= 4 is 23.5 Å². The Morgan fingerprint density at radius 3 is 2.67 bits per heavy atom. The minimum Gasteiger partial charge on any atom is -0.422 e. The average Bonchev–Trinajstić information content (AvgIpc) is 2.75. The molecule has 5 nitrogen and oxygen atoms in total. The van der Waals surface area contributed by atoms with Crippen molar-refractivity contribution in [3.63, 3.8) is 0 Å². The number of hydrogen-bond acceptors (Lipinski definition) is 4. The zero-order chi connectivity index (χ0) is 15.0. The van der Waals surface area contributed by atoms with Gasteiger partial charge in [0.15, 0.2) is 0 Å². The molecule has 3 rings (SSSR count). The number of non-ortho nitro benzene ring substituents is 1. The number of nitro groups is 1. The molecular weight excluding hydrogens is 277 g/mol. The van der Waals surface area contributed by atoms with Gasteiger partial charge in [-0.15, -0.1) is 0 Å². The zero-order valence-corrected chi connectivity index (χ0v) is 10.6. The van der Waals surface area contributed by atoms with Crippen molar-refractivity contribution in [2.75, 3.05) is 0 Å². The Balaban J connectivity index is 2.06. The van der Waals surface area contributed by atoms with Gasteiger partial charge in [0.25, 0.3) is 5.69 Å². The van der Waals surface area contributed by atoms with Crippen molar-refractivity contribution in [2.45, 2.75) is 0 Å². The van der Waals surface area contributed by atoms with Crippen molar-refractivity contribution in [2.24, 2.45) is 0 Å². The molecule has 1 heterocycles. The molecule has 0 unspecified atom stereocenters. The fourth-order valence-corrected chi connectivity index (χ4v) is 2.09. The molecule has 0 saturated carbocycles. The predicted octanol–water partition coefficient (Wildman–Crippen LogP) is 3.40. The van der Waals surface area contributed by atoms with Crippen LogP contribution in [0.1, 0.15) is 21.5 Å². The summed E-state index contributed by atoms with van der Waals surface area (Å²) in [5, 5.41) is 10.7. The molecular formula is C15H8FNO4. The molecule has 104 valence electrons. The number of halogens is 1. The van der Waals surface area contributed by atoms with Gasteiger partial charge in [-0.2, -0.15) is 0 Å². The predicted molar refractivity (Wildman–Crippen MR) is 72.8 cm³/mol. The lowest BCUT2D eigenvalue weighted by Crippen LogP contribution is -1.95. The molecule has 2 aromatic rings. The van der Waals surface area contributed by atoms with Crippen molar-refractivity contribution < 1.29 is 18.8 Å². The Labute approximate surface area is 118 Å². The van der Waals surface area contributed by atoms with E-state index in [1.165, 1.54) is 42.5 Å². The van der Waals surface area contributed by atoms with Crippen LogP contribution in [0.5, 0.6) is 0 Å². The van der Waals surface area contributed by atoms with Crippen LogP contribution in [0.3, 0.4) is 0 Å². The lowest BCUT2D eigenvalue weighted by atomic mass is 10.1. The van der Waals surface area contributed by atoms with Crippen LogP contribution >= 0.6 is 0 Å². The number of nitro benzene ring substituents is 1. The highest BCUT2D eigenvalue weighted by atomic mass is 19.1. The molecule has 0 radical (unpaired) electrons. The molecule has 21 heavy (non-hydrogen) atoms. The van der Waals surface area contributed by atoms with E-state index in [4.69, 9.17) is 4.74 Å². The van der Waals surface area contributed by atoms with Gasteiger partial charge >= 0.3 is 5.97 Å². The number of nitrogens with zero attached hydrogens (tertiary/aromatic N) is 1. The number of ether oxygens (including phenoxy) is 1. The van der Waals surface area contributed by atoms with E-state index in [1.54, 1.807) is 6.07 Å². The summed E-state index contributed by atoms with van der Waals surface area (Å²) in [4.78, 5) is 21.9. The Morgan fingerprint density at radius 2 is 1.95 bits per heavy atom. The highest BCUT2D eigenvalue weighted by molar-refractivity contribution is 6.06. The van der Waals surface area contributed by atoms with E-state index in [0.717, 1.165) is 0 Å². The number of carbonyl (C=O) groups excluding carboxylic acids is 1. The first-order chi connectivity index (χ1) is 10.0. The quantitative estimate of drug-likeness (QED) is 0.481. The lowest BCUT2D eigenvalue weighted by molar-refractivity contribution is -0.384. The van der Waals surface area contributed by atoms with E-state index < -0.39 is 16.7 Å². The van der Waals surface area contributed by atoms with E-state index in [-0.39, 0.29) is 17.0 Å². The van der Waals surface area contributed by atoms with Gasteiger partial charge in [0.1, 0.15) is 11.6 Å². The topological polar surface area (TPSA) is 69.4 Å². The van der Waals surface area contributed by atoms with E-state index in [0.29, 0.717) is 11.1 Å². The normalized spacial score (nSPS) is 14.9. The fourth-order valence-electron chi connectivity index (χ4n) is 2.09. The molecule has 1 aliphatic rings. The maximum Gasteiger partial charge on any atom is 0.344 e. The lowest BCUT2D eigenvalue weighted by Gasteiger charge is -1.99. The first-order valence-electron chi connectivity index (χ1n) is 6.03. The van der Waals surface area contributed by atoms with Crippen LogP contribution in [0.4, 0.5) is 10.1 Å². The number of esters is 1. The molecule has 1 aliphatic heterocycles. The third-order valence-corrected chi connectivity index (χ3v) is 3.05. The van der Waals surface area contributed by atoms with Crippen molar-refractivity contribution in [1.82, 2.24) is 0 Å². The summed E-state index contributed by atoms with van der Waals surface area (Å²) >= 11 is 0. The Bertz CT molecular complexity index is 798. The summed E-state index contributed by atoms with van der Waals surface area (Å²) in [6.45, 7) is 0. The van der Waals surface area contributed by atoms with Crippen LogP contribution < -0.4 is 0 Å². The minimum absolute atomic E-state index is 0.131. The van der Waals surface area contributed by atoms with Crippen molar-refractivity contribution in [1.29, 1.82) is 0 Å². The summed E-state index contributed by atoms with van der Waals surface area (Å²) < 4.78 is 18.2. The summed E-state index contributed by atoms with van der Waals surface area (Å²) in [5.74, 6) is -0.815. The van der Waals surface area contributed by atoms with Gasteiger partial charge in [-0.3, -0.25) is 10.1 Å². The SMILES string of the molecule is O=C1O/C(=C\c2cccc(F)c2)c2ccc([N+](=O)[O-])cc21. The van der Waals surface area contributed by atoms with Crippen LogP contribution in [0.2, 0.25) is 0 Å². The standard InChI is InChI=1S/C15H8FNO4/c16-10-3-1-2-9(6-10)7-14-12-5-4-11(17(19)20)8-13(12)15(18)21-14/h1-8H/b14-7-. The molecule has 2 aromatic carbocycles. The first kappa shape index (κ1) is 13.0. The summed E-state index contributed by atoms with van der Waals surface area (Å²) in [6.07, 6.45) is 1.51. The van der Waals surface area contributed by atoms with Crippen LogP contribution in [0.15, 0.2) is 42.5 Å². The molecule has 0 atom stereocenters. The Kier molecular flexibility index (Phi) is 2.98. The molecule has 0 fully saturated rings.